The molecule has 0 rings (SSSR count). The first-order valence-electron chi connectivity index (χ1n) is 10.8. The molecule has 0 aromatic rings. The van der Waals surface area contributed by atoms with Crippen molar-refractivity contribution in [3.63, 3.8) is 0 Å². The Balaban J connectivity index is 4.23. The molecule has 0 aliphatic heterocycles. The van der Waals surface area contributed by atoms with Gasteiger partial charge in [0.2, 0.25) is 0 Å². The highest BCUT2D eigenvalue weighted by Gasteiger charge is 2.37. The lowest BCUT2D eigenvalue weighted by molar-refractivity contribution is 0.283. The monoisotopic (exact) mass is 424 g/mol. The Kier molecular flexibility index (Phi) is 10.9. The summed E-state index contributed by atoms with van der Waals surface area (Å²) >= 11 is 0. The van der Waals surface area contributed by atoms with E-state index in [-0.39, 0.29) is 10.1 Å². The molecule has 0 radical (unpaired) electrons. The van der Waals surface area contributed by atoms with E-state index in [1.807, 2.05) is 0 Å². The number of allylic oxidation sites excluding steroid dienone is 4. The molecular formula is C24H48O2Si2. The quantitative estimate of drug-likeness (QED) is 0.189. The predicted octanol–water partition coefficient (Wildman–Crippen LogP) is 8.26. The minimum Gasteiger partial charge on any atom is -0.417 e. The van der Waals surface area contributed by atoms with Crippen molar-refractivity contribution in [2.75, 3.05) is 13.2 Å². The van der Waals surface area contributed by atoms with Crippen LogP contribution >= 0.6 is 0 Å². The molecule has 0 heterocycles. The largest absolute Gasteiger partial charge is 0.417 e. The smallest absolute Gasteiger partial charge is 0.191 e. The van der Waals surface area contributed by atoms with Crippen LogP contribution in [0.2, 0.25) is 36.3 Å². The molecule has 0 bridgehead atoms. The second-order valence-electron chi connectivity index (χ2n) is 11.0. The van der Waals surface area contributed by atoms with Gasteiger partial charge >= 0.3 is 0 Å². The molecule has 0 aromatic carbocycles. The molecule has 4 heteroatoms. The summed E-state index contributed by atoms with van der Waals surface area (Å²) in [5.41, 5.74) is 2.35. The van der Waals surface area contributed by atoms with Crippen LogP contribution in [0.3, 0.4) is 0 Å². The van der Waals surface area contributed by atoms with Crippen LogP contribution in [0.15, 0.2) is 36.0 Å². The molecule has 0 aromatic heterocycles. The van der Waals surface area contributed by atoms with Crippen molar-refractivity contribution in [2.24, 2.45) is 0 Å². The van der Waals surface area contributed by atoms with Crippen LogP contribution < -0.4 is 0 Å². The van der Waals surface area contributed by atoms with E-state index < -0.39 is 16.6 Å². The third-order valence-electron chi connectivity index (χ3n) is 6.45. The van der Waals surface area contributed by atoms with Crippen molar-refractivity contribution >= 4 is 16.6 Å². The third kappa shape index (κ3) is 9.86. The summed E-state index contributed by atoms with van der Waals surface area (Å²) in [7, 11) is -3.25. The maximum absolute atomic E-state index is 6.24. The van der Waals surface area contributed by atoms with Crippen molar-refractivity contribution in [2.45, 2.75) is 104 Å². The zero-order valence-corrected chi connectivity index (χ0v) is 22.8. The average molecular weight is 425 g/mol. The van der Waals surface area contributed by atoms with E-state index in [0.29, 0.717) is 0 Å². The number of hydrogen-bond donors (Lipinski definition) is 0. The van der Waals surface area contributed by atoms with Gasteiger partial charge < -0.3 is 8.85 Å². The highest BCUT2D eigenvalue weighted by Crippen LogP contribution is 2.37. The highest BCUT2D eigenvalue weighted by atomic mass is 28.4. The lowest BCUT2D eigenvalue weighted by atomic mass is 10.1. The van der Waals surface area contributed by atoms with Gasteiger partial charge in [-0.25, -0.2) is 0 Å². The van der Waals surface area contributed by atoms with Crippen LogP contribution in [0.25, 0.3) is 0 Å². The molecule has 0 saturated carbocycles. The zero-order valence-electron chi connectivity index (χ0n) is 20.8. The second-order valence-corrected chi connectivity index (χ2v) is 20.6. The van der Waals surface area contributed by atoms with E-state index in [2.05, 4.69) is 99.5 Å². The zero-order chi connectivity index (χ0) is 22.2. The Morgan fingerprint density at radius 1 is 0.821 bits per heavy atom. The van der Waals surface area contributed by atoms with E-state index >= 15 is 0 Å². The second kappa shape index (κ2) is 11.1. The normalized spacial score (nSPS) is 14.8. The maximum Gasteiger partial charge on any atom is 0.191 e. The van der Waals surface area contributed by atoms with Gasteiger partial charge in [0.1, 0.15) is 0 Å². The van der Waals surface area contributed by atoms with Crippen LogP contribution in [0.4, 0.5) is 0 Å². The van der Waals surface area contributed by atoms with E-state index in [0.717, 1.165) is 38.0 Å². The van der Waals surface area contributed by atoms with Gasteiger partial charge in [0, 0.05) is 13.2 Å². The summed E-state index contributed by atoms with van der Waals surface area (Å²) in [5, 5.41) is 0.556. The molecule has 28 heavy (non-hydrogen) atoms. The summed E-state index contributed by atoms with van der Waals surface area (Å²) in [6, 6.07) is 0. The van der Waals surface area contributed by atoms with Gasteiger partial charge in [-0.15, -0.1) is 0 Å². The molecule has 0 aliphatic carbocycles. The van der Waals surface area contributed by atoms with E-state index in [4.69, 9.17) is 8.85 Å². The van der Waals surface area contributed by atoms with Crippen LogP contribution in [0.5, 0.6) is 0 Å². The fourth-order valence-electron chi connectivity index (χ4n) is 2.03. The molecule has 0 amide bonds. The fraction of sp³-hybridized carbons (Fsp3) is 0.750. The molecule has 164 valence electrons. The van der Waals surface area contributed by atoms with Gasteiger partial charge in [0.25, 0.3) is 0 Å². The SMILES string of the molecule is C=C(/C=C/CCO[Si](C)(C)C(C)(C)C)/C(C)=C/CCCO[Si](C)(C)C(C)(C)C. The van der Waals surface area contributed by atoms with Crippen LogP contribution in [-0.2, 0) is 8.85 Å². The molecule has 0 aliphatic rings. The first-order chi connectivity index (χ1) is 12.5. The van der Waals surface area contributed by atoms with Crippen molar-refractivity contribution in [1.29, 1.82) is 0 Å². The Morgan fingerprint density at radius 2 is 1.29 bits per heavy atom. The first kappa shape index (κ1) is 27.6. The van der Waals surface area contributed by atoms with Crippen molar-refractivity contribution in [3.8, 4) is 0 Å². The molecule has 0 spiro atoms. The molecular weight excluding hydrogens is 376 g/mol. The summed E-state index contributed by atoms with van der Waals surface area (Å²) in [5.74, 6) is 0. The first-order valence-corrected chi connectivity index (χ1v) is 16.6. The van der Waals surface area contributed by atoms with Gasteiger partial charge in [-0.1, -0.05) is 66.3 Å². The number of rotatable bonds is 11. The molecule has 0 fully saturated rings. The van der Waals surface area contributed by atoms with E-state index in [9.17, 15) is 0 Å². The Morgan fingerprint density at radius 3 is 1.75 bits per heavy atom. The van der Waals surface area contributed by atoms with Gasteiger partial charge in [-0.05, 0) is 73.6 Å². The third-order valence-corrected chi connectivity index (χ3v) is 15.5. The minimum absolute atomic E-state index is 0.272. The Labute approximate surface area is 178 Å². The predicted molar refractivity (Wildman–Crippen MR) is 132 cm³/mol. The summed E-state index contributed by atoms with van der Waals surface area (Å²) < 4.78 is 12.5. The van der Waals surface area contributed by atoms with Gasteiger partial charge in [0.15, 0.2) is 16.6 Å². The van der Waals surface area contributed by atoms with Gasteiger partial charge in [-0.3, -0.25) is 0 Å². The molecule has 0 unspecified atom stereocenters. The Bertz CT molecular complexity index is 544. The van der Waals surface area contributed by atoms with Gasteiger partial charge in [-0.2, -0.15) is 0 Å². The summed E-state index contributed by atoms with van der Waals surface area (Å²) in [6.45, 7) is 30.9. The van der Waals surface area contributed by atoms with Crippen molar-refractivity contribution in [3.05, 3.63) is 36.0 Å². The standard InChI is InChI=1S/C24H48O2Si2/c1-21(17-13-15-19-25-27(9,10)23(3,4)5)22(2)18-14-16-20-26-28(11,12)24(6,7)8/h13,17-18H,1,14-16,19-20H2,2-12H3/b17-13+,22-18+. The molecule has 0 saturated heterocycles. The number of unbranched alkanes of at least 4 members (excludes halogenated alkanes) is 1. The van der Waals surface area contributed by atoms with Crippen molar-refractivity contribution < 1.29 is 8.85 Å². The lowest BCUT2D eigenvalue weighted by Gasteiger charge is -2.36. The maximum atomic E-state index is 6.24. The number of hydrogen-bond acceptors (Lipinski definition) is 2. The lowest BCUT2D eigenvalue weighted by Crippen LogP contribution is -2.40. The Hall–Kier alpha value is -0.426. The van der Waals surface area contributed by atoms with E-state index in [1.165, 1.54) is 5.57 Å². The molecule has 0 atom stereocenters. The van der Waals surface area contributed by atoms with Crippen LogP contribution in [0.1, 0.15) is 67.7 Å². The van der Waals surface area contributed by atoms with Gasteiger partial charge in [0.05, 0.1) is 0 Å². The topological polar surface area (TPSA) is 18.5 Å². The van der Waals surface area contributed by atoms with Crippen molar-refractivity contribution in [1.82, 2.24) is 0 Å². The van der Waals surface area contributed by atoms with E-state index in [1.54, 1.807) is 0 Å². The minimum atomic E-state index is -1.63. The molecule has 2 nitrogen and oxygen atoms in total. The van der Waals surface area contributed by atoms with Crippen LogP contribution in [0, 0.1) is 0 Å². The molecule has 0 N–H and O–H groups in total. The average Bonchev–Trinajstić information content (AvgIpc) is 2.51. The van der Waals surface area contributed by atoms with Crippen LogP contribution in [-0.4, -0.2) is 29.8 Å². The summed E-state index contributed by atoms with van der Waals surface area (Å²) in [6.07, 6.45) is 9.66. The highest BCUT2D eigenvalue weighted by molar-refractivity contribution is 6.74. The fourth-order valence-corrected chi connectivity index (χ4v) is 4.18. The summed E-state index contributed by atoms with van der Waals surface area (Å²) in [4.78, 5) is 0.